The lowest BCUT2D eigenvalue weighted by molar-refractivity contribution is 0.312. The summed E-state index contributed by atoms with van der Waals surface area (Å²) in [4.78, 5) is 11.1. The van der Waals surface area contributed by atoms with E-state index in [9.17, 15) is 0 Å². The van der Waals surface area contributed by atoms with Crippen LogP contribution in [0.2, 0.25) is 5.15 Å². The van der Waals surface area contributed by atoms with Gasteiger partial charge in [-0.25, -0.2) is 9.97 Å². The van der Waals surface area contributed by atoms with Crippen LogP contribution in [0.15, 0.2) is 0 Å². The van der Waals surface area contributed by atoms with Crippen LogP contribution in [0.5, 0.6) is 0 Å². The van der Waals surface area contributed by atoms with E-state index in [-0.39, 0.29) is 0 Å². The monoisotopic (exact) mass is 281 g/mol. The van der Waals surface area contributed by atoms with E-state index >= 15 is 0 Å². The van der Waals surface area contributed by atoms with Crippen LogP contribution in [0.1, 0.15) is 50.4 Å². The molecule has 0 spiro atoms. The second-order valence-corrected chi connectivity index (χ2v) is 6.06. The third-order valence-corrected chi connectivity index (χ3v) is 4.82. The fourth-order valence-electron chi connectivity index (χ4n) is 3.04. The van der Waals surface area contributed by atoms with Crippen LogP contribution in [-0.4, -0.2) is 23.1 Å². The van der Waals surface area contributed by atoms with E-state index in [1.54, 1.807) is 0 Å². The minimum atomic E-state index is 0.580. The number of aromatic nitrogens is 2. The van der Waals surface area contributed by atoms with Crippen molar-refractivity contribution in [2.75, 3.05) is 11.9 Å². The Morgan fingerprint density at radius 1 is 1.16 bits per heavy atom. The van der Waals surface area contributed by atoms with E-state index in [2.05, 4.69) is 28.8 Å². The molecule has 0 saturated heterocycles. The molecule has 4 heteroatoms. The van der Waals surface area contributed by atoms with Crippen molar-refractivity contribution in [1.29, 1.82) is 0 Å². The summed E-state index contributed by atoms with van der Waals surface area (Å²) in [5.41, 5.74) is 0.993. The lowest BCUT2D eigenvalue weighted by atomic mass is 9.84. The van der Waals surface area contributed by atoms with Gasteiger partial charge in [0.1, 0.15) is 16.8 Å². The quantitative estimate of drug-likeness (QED) is 0.779. The van der Waals surface area contributed by atoms with Gasteiger partial charge in [-0.05, 0) is 45.4 Å². The maximum Gasteiger partial charge on any atom is 0.137 e. The van der Waals surface area contributed by atoms with E-state index in [4.69, 9.17) is 11.6 Å². The average molecular weight is 282 g/mol. The van der Waals surface area contributed by atoms with Crippen LogP contribution in [0.3, 0.4) is 0 Å². The van der Waals surface area contributed by atoms with E-state index in [1.165, 1.54) is 32.1 Å². The Morgan fingerprint density at radius 3 is 2.37 bits per heavy atom. The standard InChI is InChI=1S/C15H24ClN3/c1-5-12-6-8-13(9-7-12)19(4)15-10(2)14(16)17-11(3)18-15/h12-13H,5-9H2,1-4H3. The number of rotatable bonds is 3. The molecule has 1 aromatic heterocycles. The van der Waals surface area contributed by atoms with Crippen LogP contribution in [0.25, 0.3) is 0 Å². The molecule has 1 saturated carbocycles. The molecule has 106 valence electrons. The van der Waals surface area contributed by atoms with Gasteiger partial charge in [-0.3, -0.25) is 0 Å². The summed E-state index contributed by atoms with van der Waals surface area (Å²) in [6, 6.07) is 0.590. The first kappa shape index (κ1) is 14.6. The first-order valence-electron chi connectivity index (χ1n) is 7.26. The SMILES string of the molecule is CCC1CCC(N(C)c2nc(C)nc(Cl)c2C)CC1. The molecule has 1 aliphatic rings. The van der Waals surface area contributed by atoms with Crippen LogP contribution in [0, 0.1) is 19.8 Å². The maximum absolute atomic E-state index is 6.17. The van der Waals surface area contributed by atoms with Gasteiger partial charge in [0.2, 0.25) is 0 Å². The van der Waals surface area contributed by atoms with Crippen molar-refractivity contribution < 1.29 is 0 Å². The van der Waals surface area contributed by atoms with Gasteiger partial charge in [-0.15, -0.1) is 0 Å². The normalized spacial score (nSPS) is 23.4. The lowest BCUT2D eigenvalue weighted by Crippen LogP contribution is -2.36. The number of halogens is 1. The minimum Gasteiger partial charge on any atom is -0.356 e. The Kier molecular flexibility index (Phi) is 4.67. The zero-order valence-electron chi connectivity index (χ0n) is 12.4. The second kappa shape index (κ2) is 6.08. The van der Waals surface area contributed by atoms with Crippen molar-refractivity contribution in [1.82, 2.24) is 9.97 Å². The summed E-state index contributed by atoms with van der Waals surface area (Å²) in [5.74, 6) is 2.67. The van der Waals surface area contributed by atoms with Crippen molar-refractivity contribution in [2.24, 2.45) is 5.92 Å². The Hall–Kier alpha value is -0.830. The van der Waals surface area contributed by atoms with Gasteiger partial charge < -0.3 is 4.90 Å². The van der Waals surface area contributed by atoms with Gasteiger partial charge in [0, 0.05) is 18.7 Å². The van der Waals surface area contributed by atoms with Crippen molar-refractivity contribution in [2.45, 2.75) is 58.9 Å². The van der Waals surface area contributed by atoms with Gasteiger partial charge in [0.15, 0.2) is 0 Å². The highest BCUT2D eigenvalue weighted by molar-refractivity contribution is 6.30. The number of hydrogen-bond acceptors (Lipinski definition) is 3. The largest absolute Gasteiger partial charge is 0.356 e. The Labute approximate surface area is 121 Å². The highest BCUT2D eigenvalue weighted by atomic mass is 35.5. The summed E-state index contributed by atoms with van der Waals surface area (Å²) in [6.07, 6.45) is 6.50. The summed E-state index contributed by atoms with van der Waals surface area (Å²) in [5, 5.41) is 0.580. The van der Waals surface area contributed by atoms with Crippen molar-refractivity contribution in [3.05, 3.63) is 16.5 Å². The molecule has 2 rings (SSSR count). The fourth-order valence-corrected chi connectivity index (χ4v) is 3.24. The molecule has 0 N–H and O–H groups in total. The first-order chi connectivity index (χ1) is 9.02. The zero-order valence-corrected chi connectivity index (χ0v) is 13.2. The van der Waals surface area contributed by atoms with E-state index in [0.29, 0.717) is 11.2 Å². The predicted molar refractivity (Wildman–Crippen MR) is 81.0 cm³/mol. The minimum absolute atomic E-state index is 0.580. The number of nitrogens with zero attached hydrogens (tertiary/aromatic N) is 3. The van der Waals surface area contributed by atoms with E-state index < -0.39 is 0 Å². The number of hydrogen-bond donors (Lipinski definition) is 0. The molecule has 1 heterocycles. The smallest absolute Gasteiger partial charge is 0.137 e. The molecule has 0 amide bonds. The molecule has 1 fully saturated rings. The molecule has 3 nitrogen and oxygen atoms in total. The zero-order chi connectivity index (χ0) is 14.0. The topological polar surface area (TPSA) is 29.0 Å². The highest BCUT2D eigenvalue weighted by Gasteiger charge is 2.25. The second-order valence-electron chi connectivity index (χ2n) is 5.70. The molecule has 0 atom stereocenters. The van der Waals surface area contributed by atoms with Crippen LogP contribution < -0.4 is 4.90 Å². The number of anilines is 1. The van der Waals surface area contributed by atoms with Crippen LogP contribution in [-0.2, 0) is 0 Å². The van der Waals surface area contributed by atoms with Gasteiger partial charge >= 0.3 is 0 Å². The molecule has 0 radical (unpaired) electrons. The molecule has 1 aliphatic carbocycles. The molecular formula is C15H24ClN3. The third-order valence-electron chi connectivity index (χ3n) is 4.45. The Morgan fingerprint density at radius 2 is 1.79 bits per heavy atom. The molecule has 0 unspecified atom stereocenters. The van der Waals surface area contributed by atoms with E-state index in [0.717, 1.165) is 23.1 Å². The van der Waals surface area contributed by atoms with Gasteiger partial charge in [-0.1, -0.05) is 24.9 Å². The summed E-state index contributed by atoms with van der Waals surface area (Å²) >= 11 is 6.17. The van der Waals surface area contributed by atoms with Crippen molar-refractivity contribution in [3.8, 4) is 0 Å². The molecule has 19 heavy (non-hydrogen) atoms. The van der Waals surface area contributed by atoms with Gasteiger partial charge in [-0.2, -0.15) is 0 Å². The van der Waals surface area contributed by atoms with Gasteiger partial charge in [0.05, 0.1) is 0 Å². The molecule has 0 aromatic carbocycles. The van der Waals surface area contributed by atoms with Crippen molar-refractivity contribution >= 4 is 17.4 Å². The van der Waals surface area contributed by atoms with Crippen LogP contribution in [0.4, 0.5) is 5.82 Å². The fraction of sp³-hybridized carbons (Fsp3) is 0.733. The molecular weight excluding hydrogens is 258 g/mol. The summed E-state index contributed by atoms with van der Waals surface area (Å²) in [7, 11) is 2.14. The lowest BCUT2D eigenvalue weighted by Gasteiger charge is -2.35. The van der Waals surface area contributed by atoms with Crippen LogP contribution >= 0.6 is 11.6 Å². The summed E-state index contributed by atoms with van der Waals surface area (Å²) < 4.78 is 0. The van der Waals surface area contributed by atoms with E-state index in [1.807, 2.05) is 13.8 Å². The highest BCUT2D eigenvalue weighted by Crippen LogP contribution is 2.32. The molecule has 0 aliphatic heterocycles. The number of aryl methyl sites for hydroxylation is 1. The summed E-state index contributed by atoms with van der Waals surface area (Å²) in [6.45, 7) is 6.20. The third kappa shape index (κ3) is 3.19. The average Bonchev–Trinajstić information content (AvgIpc) is 2.42. The Bertz CT molecular complexity index is 439. The first-order valence-corrected chi connectivity index (χ1v) is 7.64. The van der Waals surface area contributed by atoms with Crippen molar-refractivity contribution in [3.63, 3.8) is 0 Å². The predicted octanol–water partition coefficient (Wildman–Crippen LogP) is 4.15. The van der Waals surface area contributed by atoms with Gasteiger partial charge in [0.25, 0.3) is 0 Å². The maximum atomic E-state index is 6.17. The Balaban J connectivity index is 2.14. The molecule has 0 bridgehead atoms. The molecule has 1 aromatic rings.